The van der Waals surface area contributed by atoms with Crippen molar-refractivity contribution in [3.05, 3.63) is 36.4 Å². The first-order chi connectivity index (χ1) is 10.5. The van der Waals surface area contributed by atoms with Gasteiger partial charge < -0.3 is 10.1 Å². The molecular formula is C20H35NO. The molecule has 0 aliphatic heterocycles. The summed E-state index contributed by atoms with van der Waals surface area (Å²) in [4.78, 5) is 0. The Morgan fingerprint density at radius 1 is 1.00 bits per heavy atom. The number of rotatable bonds is 9. The molecule has 0 saturated heterocycles. The highest BCUT2D eigenvalue weighted by atomic mass is 16.5. The van der Waals surface area contributed by atoms with Gasteiger partial charge in [0.1, 0.15) is 5.75 Å². The smallest absolute Gasteiger partial charge is 0.119 e. The molecule has 0 spiro atoms. The fourth-order valence-corrected chi connectivity index (χ4v) is 2.09. The van der Waals surface area contributed by atoms with Crippen molar-refractivity contribution in [3.63, 3.8) is 0 Å². The molecule has 0 aromatic heterocycles. The third-order valence-electron chi connectivity index (χ3n) is 3.05. The number of nitrogens with one attached hydrogen (secondary N) is 1. The van der Waals surface area contributed by atoms with Gasteiger partial charge in [0.25, 0.3) is 0 Å². The molecule has 0 bridgehead atoms. The van der Waals surface area contributed by atoms with E-state index in [1.807, 2.05) is 30.3 Å². The summed E-state index contributed by atoms with van der Waals surface area (Å²) in [7, 11) is 0. The van der Waals surface area contributed by atoms with Gasteiger partial charge in [0.15, 0.2) is 0 Å². The summed E-state index contributed by atoms with van der Waals surface area (Å²) in [6, 6.07) is 9.29. The predicted molar refractivity (Wildman–Crippen MR) is 99.6 cm³/mol. The molecule has 1 rings (SSSR count). The van der Waals surface area contributed by atoms with Crippen LogP contribution in [0.1, 0.15) is 65.9 Å². The topological polar surface area (TPSA) is 21.3 Å². The summed E-state index contributed by atoms with van der Waals surface area (Å²) in [5, 5.41) is 3.31. The summed E-state index contributed by atoms with van der Waals surface area (Å²) in [6.45, 7) is 15.4. The van der Waals surface area contributed by atoms with Crippen molar-refractivity contribution in [2.24, 2.45) is 0 Å². The van der Waals surface area contributed by atoms with Crippen LogP contribution in [0.3, 0.4) is 0 Å². The third kappa shape index (κ3) is 12.5. The van der Waals surface area contributed by atoms with Gasteiger partial charge in [0.05, 0.1) is 6.61 Å². The van der Waals surface area contributed by atoms with Crippen molar-refractivity contribution < 1.29 is 4.74 Å². The Morgan fingerprint density at radius 2 is 1.59 bits per heavy atom. The highest BCUT2D eigenvalue weighted by Gasteiger charge is 1.93. The van der Waals surface area contributed by atoms with Gasteiger partial charge in [-0.15, -0.1) is 0 Å². The molecule has 0 amide bonds. The van der Waals surface area contributed by atoms with Crippen LogP contribution in [0.15, 0.2) is 30.8 Å². The van der Waals surface area contributed by atoms with Crippen molar-refractivity contribution in [2.45, 2.75) is 72.4 Å². The SMILES string of the molecule is C=Cc1ccc(OCCCCCC)cc1.CC(C)NC(C)C. The largest absolute Gasteiger partial charge is 0.494 e. The third-order valence-corrected chi connectivity index (χ3v) is 3.05. The fraction of sp³-hybridized carbons (Fsp3) is 0.600. The van der Waals surface area contributed by atoms with E-state index in [-0.39, 0.29) is 0 Å². The van der Waals surface area contributed by atoms with E-state index in [0.29, 0.717) is 12.1 Å². The van der Waals surface area contributed by atoms with E-state index in [1.165, 1.54) is 19.3 Å². The second-order valence-corrected chi connectivity index (χ2v) is 6.16. The lowest BCUT2D eigenvalue weighted by Gasteiger charge is -2.10. The van der Waals surface area contributed by atoms with Gasteiger partial charge in [-0.05, 0) is 24.1 Å². The van der Waals surface area contributed by atoms with Crippen molar-refractivity contribution >= 4 is 6.08 Å². The molecule has 2 nitrogen and oxygen atoms in total. The van der Waals surface area contributed by atoms with Crippen LogP contribution in [-0.4, -0.2) is 18.7 Å². The Hall–Kier alpha value is -1.28. The van der Waals surface area contributed by atoms with Gasteiger partial charge in [-0.25, -0.2) is 0 Å². The Kier molecular flexibility index (Phi) is 12.6. The van der Waals surface area contributed by atoms with Crippen LogP contribution in [0, 0.1) is 0 Å². The first kappa shape index (κ1) is 20.7. The molecule has 0 heterocycles. The first-order valence-electron chi connectivity index (χ1n) is 8.60. The molecule has 1 aromatic rings. The minimum Gasteiger partial charge on any atom is -0.494 e. The summed E-state index contributed by atoms with van der Waals surface area (Å²) >= 11 is 0. The molecule has 0 radical (unpaired) electrons. The van der Waals surface area contributed by atoms with Crippen LogP contribution in [0.25, 0.3) is 6.08 Å². The summed E-state index contributed by atoms with van der Waals surface area (Å²) in [5.74, 6) is 0.956. The maximum atomic E-state index is 5.62. The van der Waals surface area contributed by atoms with Crippen molar-refractivity contribution in [1.29, 1.82) is 0 Å². The molecule has 0 atom stereocenters. The summed E-state index contributed by atoms with van der Waals surface area (Å²) in [6.07, 6.45) is 6.83. The van der Waals surface area contributed by atoms with Crippen LogP contribution in [0.4, 0.5) is 0 Å². The van der Waals surface area contributed by atoms with E-state index in [9.17, 15) is 0 Å². The van der Waals surface area contributed by atoms with Gasteiger partial charge in [0, 0.05) is 12.1 Å². The number of benzene rings is 1. The van der Waals surface area contributed by atoms with E-state index in [1.54, 1.807) is 0 Å². The molecule has 2 heteroatoms. The second-order valence-electron chi connectivity index (χ2n) is 6.16. The van der Waals surface area contributed by atoms with Gasteiger partial charge in [0.2, 0.25) is 0 Å². The molecule has 0 fully saturated rings. The quantitative estimate of drug-likeness (QED) is 0.592. The highest BCUT2D eigenvalue weighted by molar-refractivity contribution is 5.48. The van der Waals surface area contributed by atoms with Crippen LogP contribution in [0.5, 0.6) is 5.75 Å². The zero-order chi connectivity index (χ0) is 16.8. The number of ether oxygens (including phenoxy) is 1. The lowest BCUT2D eigenvalue weighted by molar-refractivity contribution is 0.305. The Bertz CT molecular complexity index is 362. The van der Waals surface area contributed by atoms with Gasteiger partial charge in [-0.2, -0.15) is 0 Å². The zero-order valence-corrected chi connectivity index (χ0v) is 15.2. The standard InChI is InChI=1S/C14H20O.C6H15N/c1-3-5-6-7-12-15-14-10-8-13(4-2)9-11-14;1-5(2)7-6(3)4/h4,8-11H,2-3,5-7,12H2,1H3;5-7H,1-4H3. The molecule has 1 N–H and O–H groups in total. The molecule has 0 saturated carbocycles. The van der Waals surface area contributed by atoms with Crippen LogP contribution in [-0.2, 0) is 0 Å². The molecule has 1 aromatic carbocycles. The van der Waals surface area contributed by atoms with Crippen LogP contribution < -0.4 is 10.1 Å². The molecule has 126 valence electrons. The monoisotopic (exact) mass is 305 g/mol. The average molecular weight is 306 g/mol. The van der Waals surface area contributed by atoms with Crippen LogP contribution >= 0.6 is 0 Å². The Labute approximate surface area is 138 Å². The predicted octanol–water partition coefficient (Wildman–Crippen LogP) is 5.68. The normalized spacial score (nSPS) is 10.3. The van der Waals surface area contributed by atoms with E-state index in [2.05, 4.69) is 46.5 Å². The summed E-state index contributed by atoms with van der Waals surface area (Å²) in [5.41, 5.74) is 1.13. The van der Waals surface area contributed by atoms with Crippen molar-refractivity contribution in [3.8, 4) is 5.75 Å². The zero-order valence-electron chi connectivity index (χ0n) is 15.2. The average Bonchev–Trinajstić information content (AvgIpc) is 2.47. The van der Waals surface area contributed by atoms with E-state index in [4.69, 9.17) is 4.74 Å². The number of unbranched alkanes of at least 4 members (excludes halogenated alkanes) is 3. The molecule has 0 aliphatic carbocycles. The van der Waals surface area contributed by atoms with Crippen molar-refractivity contribution in [2.75, 3.05) is 6.61 Å². The fourth-order valence-electron chi connectivity index (χ4n) is 2.09. The van der Waals surface area contributed by atoms with Gasteiger partial charge in [-0.1, -0.05) is 78.7 Å². The molecular weight excluding hydrogens is 270 g/mol. The van der Waals surface area contributed by atoms with E-state index >= 15 is 0 Å². The van der Waals surface area contributed by atoms with Crippen molar-refractivity contribution in [1.82, 2.24) is 5.32 Å². The maximum Gasteiger partial charge on any atom is 0.119 e. The lowest BCUT2D eigenvalue weighted by Crippen LogP contribution is -2.29. The Morgan fingerprint density at radius 3 is 2.00 bits per heavy atom. The van der Waals surface area contributed by atoms with E-state index in [0.717, 1.165) is 24.3 Å². The minimum atomic E-state index is 0.625. The number of hydrogen-bond acceptors (Lipinski definition) is 2. The van der Waals surface area contributed by atoms with Gasteiger partial charge in [-0.3, -0.25) is 0 Å². The summed E-state index contributed by atoms with van der Waals surface area (Å²) < 4.78 is 5.62. The molecule has 0 unspecified atom stereocenters. The number of hydrogen-bond donors (Lipinski definition) is 1. The lowest BCUT2D eigenvalue weighted by atomic mass is 10.2. The van der Waals surface area contributed by atoms with Crippen LogP contribution in [0.2, 0.25) is 0 Å². The van der Waals surface area contributed by atoms with E-state index < -0.39 is 0 Å². The highest BCUT2D eigenvalue weighted by Crippen LogP contribution is 2.13. The first-order valence-corrected chi connectivity index (χ1v) is 8.60. The molecule has 0 aliphatic rings. The second kappa shape index (κ2) is 13.4. The maximum absolute atomic E-state index is 5.62. The Balaban J connectivity index is 0.000000534. The molecule has 22 heavy (non-hydrogen) atoms. The van der Waals surface area contributed by atoms with Gasteiger partial charge >= 0.3 is 0 Å². The minimum absolute atomic E-state index is 0.625.